The maximum atomic E-state index is 13.4. The number of nitrogens with zero attached hydrogens (tertiary/aromatic N) is 1. The van der Waals surface area contributed by atoms with Gasteiger partial charge in [-0.3, -0.25) is 14.9 Å². The van der Waals surface area contributed by atoms with Gasteiger partial charge in [0.15, 0.2) is 0 Å². The number of carbonyl (C=O) groups is 1. The van der Waals surface area contributed by atoms with Gasteiger partial charge in [0.05, 0.1) is 10.5 Å². The van der Waals surface area contributed by atoms with Crippen molar-refractivity contribution in [3.05, 3.63) is 39.4 Å². The summed E-state index contributed by atoms with van der Waals surface area (Å²) in [6.45, 7) is 1.54. The van der Waals surface area contributed by atoms with E-state index in [1.54, 1.807) is 6.92 Å². The van der Waals surface area contributed by atoms with Gasteiger partial charge >= 0.3 is 5.69 Å². The van der Waals surface area contributed by atoms with Gasteiger partial charge in [-0.1, -0.05) is 6.92 Å². The summed E-state index contributed by atoms with van der Waals surface area (Å²) in [6.07, 6.45) is 0. The third-order valence-electron chi connectivity index (χ3n) is 2.40. The van der Waals surface area contributed by atoms with Crippen molar-refractivity contribution in [3.8, 4) is 0 Å². The Balaban J connectivity index is 2.96. The number of hydrogen-bond donors (Lipinski definition) is 2. The molecule has 8 heteroatoms. The topological polar surface area (TPSA) is 92.5 Å². The lowest BCUT2D eigenvalue weighted by Crippen LogP contribution is -2.30. The zero-order valence-corrected chi connectivity index (χ0v) is 10.0. The van der Waals surface area contributed by atoms with Gasteiger partial charge in [0.25, 0.3) is 5.91 Å². The molecule has 0 spiro atoms. The minimum absolute atomic E-state index is 0.0694. The number of aliphatic hydroxyl groups is 1. The van der Waals surface area contributed by atoms with E-state index in [-0.39, 0.29) is 19.1 Å². The maximum Gasteiger partial charge on any atom is 0.305 e. The molecule has 2 N–H and O–H groups in total. The zero-order valence-electron chi connectivity index (χ0n) is 10.0. The van der Waals surface area contributed by atoms with Crippen molar-refractivity contribution < 1.29 is 23.6 Å². The summed E-state index contributed by atoms with van der Waals surface area (Å²) in [5, 5.41) is 21.6. The number of carbonyl (C=O) groups excluding carboxylic acids is 1. The molecule has 1 amide bonds. The van der Waals surface area contributed by atoms with Crippen molar-refractivity contribution in [2.45, 2.75) is 6.92 Å². The molecule has 1 rings (SSSR count). The highest BCUT2D eigenvalue weighted by Crippen LogP contribution is 2.21. The number of benzene rings is 1. The monoisotopic (exact) mass is 274 g/mol. The molecule has 1 atom stereocenters. The SMILES string of the molecule is CC(CO)CNC(=O)c1cc([N+](=O)[O-])c(F)cc1F. The lowest BCUT2D eigenvalue weighted by molar-refractivity contribution is -0.387. The third-order valence-corrected chi connectivity index (χ3v) is 2.40. The average molecular weight is 274 g/mol. The third kappa shape index (κ3) is 3.68. The number of nitro benzene ring substituents is 1. The molecular weight excluding hydrogens is 262 g/mol. The van der Waals surface area contributed by atoms with Crippen LogP contribution in [-0.2, 0) is 0 Å². The van der Waals surface area contributed by atoms with Crippen LogP contribution in [0.1, 0.15) is 17.3 Å². The molecule has 19 heavy (non-hydrogen) atoms. The molecule has 0 aliphatic rings. The Labute approximate surface area is 107 Å². The fourth-order valence-corrected chi connectivity index (χ4v) is 1.28. The minimum atomic E-state index is -1.34. The summed E-state index contributed by atoms with van der Waals surface area (Å²) in [4.78, 5) is 21.1. The Bertz CT molecular complexity index is 508. The molecule has 0 saturated carbocycles. The molecule has 1 aromatic rings. The van der Waals surface area contributed by atoms with Crippen LogP contribution in [0.15, 0.2) is 12.1 Å². The van der Waals surface area contributed by atoms with Crippen molar-refractivity contribution in [1.29, 1.82) is 0 Å². The Morgan fingerprint density at radius 1 is 1.47 bits per heavy atom. The van der Waals surface area contributed by atoms with Crippen LogP contribution in [0.5, 0.6) is 0 Å². The van der Waals surface area contributed by atoms with Gasteiger partial charge < -0.3 is 10.4 Å². The van der Waals surface area contributed by atoms with Crippen LogP contribution in [0.2, 0.25) is 0 Å². The van der Waals surface area contributed by atoms with Gasteiger partial charge in [0.2, 0.25) is 5.82 Å². The lowest BCUT2D eigenvalue weighted by Gasteiger charge is -2.10. The van der Waals surface area contributed by atoms with Gasteiger partial charge in [0.1, 0.15) is 5.82 Å². The summed E-state index contributed by atoms with van der Waals surface area (Å²) in [5.74, 6) is -3.68. The van der Waals surface area contributed by atoms with E-state index in [4.69, 9.17) is 5.11 Å². The van der Waals surface area contributed by atoms with E-state index >= 15 is 0 Å². The number of halogens is 2. The van der Waals surface area contributed by atoms with E-state index < -0.39 is 33.7 Å². The van der Waals surface area contributed by atoms with Crippen LogP contribution in [0, 0.1) is 27.7 Å². The van der Waals surface area contributed by atoms with Crippen LogP contribution < -0.4 is 5.32 Å². The fourth-order valence-electron chi connectivity index (χ4n) is 1.28. The van der Waals surface area contributed by atoms with Crippen molar-refractivity contribution in [2.24, 2.45) is 5.92 Å². The number of amides is 1. The van der Waals surface area contributed by atoms with Crippen molar-refractivity contribution >= 4 is 11.6 Å². The molecule has 1 unspecified atom stereocenters. The summed E-state index contributed by atoms with van der Waals surface area (Å²) < 4.78 is 26.4. The molecule has 0 aliphatic heterocycles. The summed E-state index contributed by atoms with van der Waals surface area (Å²) in [7, 11) is 0. The zero-order chi connectivity index (χ0) is 14.6. The number of aliphatic hydroxyl groups excluding tert-OH is 1. The van der Waals surface area contributed by atoms with Gasteiger partial charge in [-0.05, 0) is 5.92 Å². The van der Waals surface area contributed by atoms with Crippen molar-refractivity contribution in [3.63, 3.8) is 0 Å². The molecular formula is C11H12F2N2O4. The molecule has 1 aromatic carbocycles. The molecule has 0 aliphatic carbocycles. The smallest absolute Gasteiger partial charge is 0.305 e. The first-order valence-electron chi connectivity index (χ1n) is 5.39. The molecule has 0 heterocycles. The molecule has 0 aromatic heterocycles. The van der Waals surface area contributed by atoms with E-state index in [0.717, 1.165) is 0 Å². The van der Waals surface area contributed by atoms with E-state index in [2.05, 4.69) is 5.32 Å². The molecule has 104 valence electrons. The number of nitrogens with one attached hydrogen (secondary N) is 1. The summed E-state index contributed by atoms with van der Waals surface area (Å²) in [6, 6.07) is 0.839. The molecule has 0 fully saturated rings. The quantitative estimate of drug-likeness (QED) is 0.624. The Kier molecular flexibility index (Phi) is 4.87. The van der Waals surface area contributed by atoms with Crippen LogP contribution in [0.4, 0.5) is 14.5 Å². The van der Waals surface area contributed by atoms with Crippen LogP contribution in [-0.4, -0.2) is 29.1 Å². The highest BCUT2D eigenvalue weighted by atomic mass is 19.1. The van der Waals surface area contributed by atoms with Crippen molar-refractivity contribution in [2.75, 3.05) is 13.2 Å². The van der Waals surface area contributed by atoms with Crippen LogP contribution in [0.25, 0.3) is 0 Å². The van der Waals surface area contributed by atoms with Crippen molar-refractivity contribution in [1.82, 2.24) is 5.32 Å². The maximum absolute atomic E-state index is 13.4. The summed E-state index contributed by atoms with van der Waals surface area (Å²) >= 11 is 0. The largest absolute Gasteiger partial charge is 0.396 e. The second kappa shape index (κ2) is 6.19. The summed E-state index contributed by atoms with van der Waals surface area (Å²) in [5.41, 5.74) is -1.58. The first-order chi connectivity index (χ1) is 8.86. The van der Waals surface area contributed by atoms with Gasteiger partial charge in [-0.15, -0.1) is 0 Å². The van der Waals surface area contributed by atoms with E-state index in [1.165, 1.54) is 0 Å². The standard InChI is InChI=1S/C11H12F2N2O4/c1-6(5-16)4-14-11(17)7-2-10(15(18)19)9(13)3-8(7)12/h2-3,6,16H,4-5H2,1H3,(H,14,17). The molecule has 0 bridgehead atoms. The van der Waals surface area contributed by atoms with Gasteiger partial charge in [0, 0.05) is 25.3 Å². The van der Waals surface area contributed by atoms with E-state index in [0.29, 0.717) is 12.1 Å². The van der Waals surface area contributed by atoms with Gasteiger partial charge in [-0.25, -0.2) is 4.39 Å². The minimum Gasteiger partial charge on any atom is -0.396 e. The average Bonchev–Trinajstić information content (AvgIpc) is 2.35. The first-order valence-corrected chi connectivity index (χ1v) is 5.39. The molecule has 6 nitrogen and oxygen atoms in total. The fraction of sp³-hybridized carbons (Fsp3) is 0.364. The number of rotatable bonds is 5. The highest BCUT2D eigenvalue weighted by molar-refractivity contribution is 5.95. The second-order valence-corrected chi connectivity index (χ2v) is 4.04. The Morgan fingerprint density at radius 2 is 2.11 bits per heavy atom. The van der Waals surface area contributed by atoms with E-state index in [9.17, 15) is 23.7 Å². The molecule has 0 saturated heterocycles. The number of hydrogen-bond acceptors (Lipinski definition) is 4. The van der Waals surface area contributed by atoms with E-state index in [1.807, 2.05) is 0 Å². The van der Waals surface area contributed by atoms with Crippen LogP contribution >= 0.6 is 0 Å². The number of nitro groups is 1. The normalized spacial score (nSPS) is 12.0. The first kappa shape index (κ1) is 15.0. The second-order valence-electron chi connectivity index (χ2n) is 4.04. The van der Waals surface area contributed by atoms with Gasteiger partial charge in [-0.2, -0.15) is 4.39 Å². The highest BCUT2D eigenvalue weighted by Gasteiger charge is 2.22. The predicted molar refractivity (Wildman–Crippen MR) is 61.6 cm³/mol. The Hall–Kier alpha value is -2.09. The predicted octanol–water partition coefficient (Wildman–Crippen LogP) is 1.23. The van der Waals surface area contributed by atoms with Crippen LogP contribution in [0.3, 0.4) is 0 Å². The molecule has 0 radical (unpaired) electrons. The Morgan fingerprint density at radius 3 is 2.63 bits per heavy atom. The lowest BCUT2D eigenvalue weighted by atomic mass is 10.1.